The number of halogens is 1. The number of amides is 1. The molecule has 134 valence electrons. The highest BCUT2D eigenvalue weighted by atomic mass is 35.5. The first-order chi connectivity index (χ1) is 12.4. The number of carbonyl (C=O) groups excluding carboxylic acids is 1. The van der Waals surface area contributed by atoms with Gasteiger partial charge in [-0.1, -0.05) is 43.6 Å². The Labute approximate surface area is 158 Å². The molecule has 3 rings (SSSR count). The van der Waals surface area contributed by atoms with Gasteiger partial charge >= 0.3 is 0 Å². The van der Waals surface area contributed by atoms with E-state index in [0.29, 0.717) is 10.6 Å². The number of aryl methyl sites for hydroxylation is 1. The van der Waals surface area contributed by atoms with Gasteiger partial charge in [-0.25, -0.2) is 4.68 Å². The fourth-order valence-electron chi connectivity index (χ4n) is 2.98. The van der Waals surface area contributed by atoms with Gasteiger partial charge in [0, 0.05) is 10.7 Å². The molecule has 2 aromatic carbocycles. The molecule has 0 fully saturated rings. The molecule has 0 bridgehead atoms. The second kappa shape index (κ2) is 7.34. The summed E-state index contributed by atoms with van der Waals surface area (Å²) < 4.78 is 1.79. The molecule has 3 aromatic rings. The Morgan fingerprint density at radius 2 is 1.88 bits per heavy atom. The van der Waals surface area contributed by atoms with Crippen LogP contribution >= 0.6 is 11.6 Å². The predicted octanol–water partition coefficient (Wildman–Crippen LogP) is 5.52. The predicted molar refractivity (Wildman–Crippen MR) is 107 cm³/mol. The molecule has 1 aromatic heterocycles. The van der Waals surface area contributed by atoms with E-state index in [1.165, 1.54) is 0 Å². The zero-order valence-electron chi connectivity index (χ0n) is 15.4. The Kier molecular flexibility index (Phi) is 5.14. The number of benzene rings is 2. The van der Waals surface area contributed by atoms with E-state index in [1.807, 2.05) is 70.2 Å². The first kappa shape index (κ1) is 18.2. The Hall–Kier alpha value is -2.59. The average Bonchev–Trinajstić information content (AvgIpc) is 3.04. The van der Waals surface area contributed by atoms with Crippen LogP contribution in [0.3, 0.4) is 0 Å². The number of anilines is 1. The van der Waals surface area contributed by atoms with E-state index >= 15 is 0 Å². The van der Waals surface area contributed by atoms with E-state index in [-0.39, 0.29) is 11.8 Å². The van der Waals surface area contributed by atoms with Crippen molar-refractivity contribution in [3.8, 4) is 5.69 Å². The zero-order chi connectivity index (χ0) is 18.8. The number of rotatable bonds is 4. The summed E-state index contributed by atoms with van der Waals surface area (Å²) in [7, 11) is 0. The second-order valence-corrected chi connectivity index (χ2v) is 7.13. The highest BCUT2D eigenvalue weighted by Gasteiger charge is 2.21. The van der Waals surface area contributed by atoms with E-state index < -0.39 is 0 Å². The van der Waals surface area contributed by atoms with Crippen molar-refractivity contribution >= 4 is 23.2 Å². The maximum atomic E-state index is 12.9. The summed E-state index contributed by atoms with van der Waals surface area (Å²) in [6.07, 6.45) is 1.62. The normalized spacial score (nSPS) is 11.0. The lowest BCUT2D eigenvalue weighted by Gasteiger charge is -2.14. The quantitative estimate of drug-likeness (QED) is 0.660. The number of aromatic nitrogens is 2. The molecule has 0 spiro atoms. The van der Waals surface area contributed by atoms with Crippen LogP contribution in [0.15, 0.2) is 48.7 Å². The third kappa shape index (κ3) is 3.51. The van der Waals surface area contributed by atoms with Gasteiger partial charge in [0.1, 0.15) is 0 Å². The number of hydrogen-bond acceptors (Lipinski definition) is 2. The van der Waals surface area contributed by atoms with Crippen LogP contribution in [0.5, 0.6) is 0 Å². The Morgan fingerprint density at radius 1 is 1.15 bits per heavy atom. The van der Waals surface area contributed by atoms with Crippen LogP contribution in [0.25, 0.3) is 5.69 Å². The second-order valence-electron chi connectivity index (χ2n) is 6.69. The SMILES string of the molecule is Cc1cccc(NC(=O)c2cnn(-c3cccc(Cl)c3)c2C(C)C)c1C. The molecule has 26 heavy (non-hydrogen) atoms. The number of nitrogens with one attached hydrogen (secondary N) is 1. The fraction of sp³-hybridized carbons (Fsp3) is 0.238. The van der Waals surface area contributed by atoms with E-state index in [9.17, 15) is 4.79 Å². The van der Waals surface area contributed by atoms with Gasteiger partial charge in [-0.15, -0.1) is 0 Å². The molecule has 0 aliphatic rings. The summed E-state index contributed by atoms with van der Waals surface area (Å²) in [5.41, 5.74) is 5.29. The summed E-state index contributed by atoms with van der Waals surface area (Å²) in [5, 5.41) is 8.10. The number of nitrogens with zero attached hydrogens (tertiary/aromatic N) is 2. The Morgan fingerprint density at radius 3 is 2.58 bits per heavy atom. The number of carbonyl (C=O) groups is 1. The molecule has 0 aliphatic carbocycles. The van der Waals surface area contributed by atoms with Crippen molar-refractivity contribution in [2.75, 3.05) is 5.32 Å². The van der Waals surface area contributed by atoms with Gasteiger partial charge in [0.05, 0.1) is 23.1 Å². The minimum absolute atomic E-state index is 0.121. The summed E-state index contributed by atoms with van der Waals surface area (Å²) in [4.78, 5) is 12.9. The molecule has 1 amide bonds. The molecule has 0 atom stereocenters. The lowest BCUT2D eigenvalue weighted by atomic mass is 10.0. The van der Waals surface area contributed by atoms with Gasteiger partial charge in [0.2, 0.25) is 0 Å². The van der Waals surface area contributed by atoms with Crippen LogP contribution in [0.1, 0.15) is 46.9 Å². The van der Waals surface area contributed by atoms with Gasteiger partial charge in [-0.3, -0.25) is 4.79 Å². The highest BCUT2D eigenvalue weighted by Crippen LogP contribution is 2.26. The first-order valence-electron chi connectivity index (χ1n) is 8.60. The average molecular weight is 368 g/mol. The maximum Gasteiger partial charge on any atom is 0.259 e. The van der Waals surface area contributed by atoms with E-state index in [4.69, 9.17) is 11.6 Å². The van der Waals surface area contributed by atoms with Gasteiger partial charge in [-0.05, 0) is 55.2 Å². The third-order valence-electron chi connectivity index (χ3n) is 4.50. The molecule has 0 unspecified atom stereocenters. The molecule has 4 nitrogen and oxygen atoms in total. The van der Waals surface area contributed by atoms with Crippen molar-refractivity contribution in [3.63, 3.8) is 0 Å². The van der Waals surface area contributed by atoms with Crippen LogP contribution in [0, 0.1) is 13.8 Å². The lowest BCUT2D eigenvalue weighted by molar-refractivity contribution is 0.102. The Balaban J connectivity index is 2.00. The van der Waals surface area contributed by atoms with Gasteiger partial charge in [0.25, 0.3) is 5.91 Å². The largest absolute Gasteiger partial charge is 0.322 e. The topological polar surface area (TPSA) is 46.9 Å². The minimum atomic E-state index is -0.157. The van der Waals surface area contributed by atoms with Crippen LogP contribution in [-0.4, -0.2) is 15.7 Å². The van der Waals surface area contributed by atoms with Crippen molar-refractivity contribution in [2.24, 2.45) is 0 Å². The minimum Gasteiger partial charge on any atom is -0.322 e. The molecule has 5 heteroatoms. The van der Waals surface area contributed by atoms with Gasteiger partial charge in [-0.2, -0.15) is 5.10 Å². The zero-order valence-corrected chi connectivity index (χ0v) is 16.1. The van der Waals surface area contributed by atoms with Crippen LogP contribution in [0.4, 0.5) is 5.69 Å². The lowest BCUT2D eigenvalue weighted by Crippen LogP contribution is -2.16. The van der Waals surface area contributed by atoms with Gasteiger partial charge < -0.3 is 5.32 Å². The van der Waals surface area contributed by atoms with Crippen molar-refractivity contribution in [1.82, 2.24) is 9.78 Å². The molecule has 0 saturated heterocycles. The smallest absolute Gasteiger partial charge is 0.259 e. The third-order valence-corrected chi connectivity index (χ3v) is 4.74. The molecule has 0 radical (unpaired) electrons. The van der Waals surface area contributed by atoms with E-state index in [0.717, 1.165) is 28.2 Å². The molecule has 1 heterocycles. The van der Waals surface area contributed by atoms with E-state index in [2.05, 4.69) is 10.4 Å². The molecular formula is C21H22ClN3O. The van der Waals surface area contributed by atoms with Gasteiger partial charge in [0.15, 0.2) is 0 Å². The molecule has 0 aliphatic heterocycles. The summed E-state index contributed by atoms with van der Waals surface area (Å²) in [5.74, 6) is -0.0356. The van der Waals surface area contributed by atoms with Crippen LogP contribution in [0.2, 0.25) is 5.02 Å². The number of hydrogen-bond donors (Lipinski definition) is 1. The van der Waals surface area contributed by atoms with E-state index in [1.54, 1.807) is 10.9 Å². The van der Waals surface area contributed by atoms with Crippen LogP contribution in [-0.2, 0) is 0 Å². The Bertz CT molecular complexity index is 960. The van der Waals surface area contributed by atoms with Crippen LogP contribution < -0.4 is 5.32 Å². The molecular weight excluding hydrogens is 346 g/mol. The molecule has 1 N–H and O–H groups in total. The monoisotopic (exact) mass is 367 g/mol. The summed E-state index contributed by atoms with van der Waals surface area (Å²) in [6, 6.07) is 13.3. The molecule has 0 saturated carbocycles. The van der Waals surface area contributed by atoms with Crippen molar-refractivity contribution < 1.29 is 4.79 Å². The highest BCUT2D eigenvalue weighted by molar-refractivity contribution is 6.30. The fourth-order valence-corrected chi connectivity index (χ4v) is 3.16. The maximum absolute atomic E-state index is 12.9. The van der Waals surface area contributed by atoms with Crippen molar-refractivity contribution in [2.45, 2.75) is 33.6 Å². The first-order valence-corrected chi connectivity index (χ1v) is 8.97. The summed E-state index contributed by atoms with van der Waals surface area (Å²) >= 11 is 6.12. The van der Waals surface area contributed by atoms with Crippen molar-refractivity contribution in [3.05, 3.63) is 76.1 Å². The summed E-state index contributed by atoms with van der Waals surface area (Å²) in [6.45, 7) is 8.13. The standard InChI is InChI=1S/C21H22ClN3O/c1-13(2)20-18(12-23-25(20)17-9-6-8-16(22)11-17)21(26)24-19-10-5-7-14(3)15(19)4/h5-13H,1-4H3,(H,24,26). The van der Waals surface area contributed by atoms with Crippen molar-refractivity contribution in [1.29, 1.82) is 0 Å².